The Balaban J connectivity index is 1.67. The Kier molecular flexibility index (Phi) is 3.32. The Morgan fingerprint density at radius 3 is 2.53 bits per heavy atom. The summed E-state index contributed by atoms with van der Waals surface area (Å²) in [5, 5.41) is 3.70. The lowest BCUT2D eigenvalue weighted by molar-refractivity contribution is 0.134. The van der Waals surface area contributed by atoms with E-state index in [1.165, 1.54) is 55.3 Å². The summed E-state index contributed by atoms with van der Waals surface area (Å²) in [6.45, 7) is 1.58. The van der Waals surface area contributed by atoms with Crippen molar-refractivity contribution in [3.05, 3.63) is 29.3 Å². The molecule has 1 aliphatic heterocycles. The molecule has 1 saturated carbocycles. The summed E-state index contributed by atoms with van der Waals surface area (Å²) in [7, 11) is 0. The van der Waals surface area contributed by atoms with Crippen molar-refractivity contribution in [1.82, 2.24) is 0 Å². The topological polar surface area (TPSA) is 21.3 Å². The smallest absolute Gasteiger partial charge is 0.0725 e. The maximum atomic E-state index is 5.45. The van der Waals surface area contributed by atoms with Crippen molar-refractivity contribution in [1.29, 1.82) is 0 Å². The van der Waals surface area contributed by atoms with E-state index in [4.69, 9.17) is 4.74 Å². The van der Waals surface area contributed by atoms with Gasteiger partial charge in [-0.05, 0) is 36.1 Å². The molecule has 1 heterocycles. The number of hydrogen-bond donors (Lipinski definition) is 1. The van der Waals surface area contributed by atoms with E-state index in [0.29, 0.717) is 6.04 Å². The first-order chi connectivity index (χ1) is 8.42. The van der Waals surface area contributed by atoms with Crippen molar-refractivity contribution in [3.63, 3.8) is 0 Å². The molecule has 2 nitrogen and oxygen atoms in total. The fourth-order valence-electron chi connectivity index (χ4n) is 2.92. The molecule has 0 amide bonds. The summed E-state index contributed by atoms with van der Waals surface area (Å²) in [5.74, 6) is 0. The summed E-state index contributed by atoms with van der Waals surface area (Å²) in [5.41, 5.74) is 4.00. The number of fused-ring (bicyclic) bond motifs is 1. The molecule has 92 valence electrons. The van der Waals surface area contributed by atoms with Gasteiger partial charge >= 0.3 is 0 Å². The molecule has 0 bridgehead atoms. The molecule has 0 saturated heterocycles. The fourth-order valence-corrected chi connectivity index (χ4v) is 2.92. The van der Waals surface area contributed by atoms with Gasteiger partial charge in [-0.1, -0.05) is 31.7 Å². The number of ether oxygens (including phenoxy) is 1. The molecule has 0 unspecified atom stereocenters. The van der Waals surface area contributed by atoms with Crippen molar-refractivity contribution >= 4 is 5.69 Å². The number of rotatable bonds is 2. The first-order valence-corrected chi connectivity index (χ1v) is 6.88. The standard InChI is InChI=1S/C15H21NO/c1-2-4-6-14(5-3-1)16-15-8-7-12-10-17-11-13(12)9-15/h7-9,14,16H,1-6,10-11H2. The number of anilines is 1. The van der Waals surface area contributed by atoms with Crippen molar-refractivity contribution in [3.8, 4) is 0 Å². The normalized spacial score (nSPS) is 20.9. The van der Waals surface area contributed by atoms with Gasteiger partial charge in [-0.3, -0.25) is 0 Å². The SMILES string of the molecule is c1cc2c(cc1NC1CCCCCC1)COC2. The van der Waals surface area contributed by atoms with Gasteiger partial charge in [0.2, 0.25) is 0 Å². The Bertz CT molecular complexity index is 381. The molecule has 17 heavy (non-hydrogen) atoms. The molecule has 1 fully saturated rings. The van der Waals surface area contributed by atoms with Crippen LogP contribution in [0.25, 0.3) is 0 Å². The van der Waals surface area contributed by atoms with Crippen LogP contribution in [0.2, 0.25) is 0 Å². The average Bonchev–Trinajstić information content (AvgIpc) is 2.65. The van der Waals surface area contributed by atoms with Gasteiger partial charge in [-0.2, -0.15) is 0 Å². The van der Waals surface area contributed by atoms with Gasteiger partial charge in [-0.15, -0.1) is 0 Å². The molecule has 2 aliphatic rings. The summed E-state index contributed by atoms with van der Waals surface area (Å²) in [4.78, 5) is 0. The minimum atomic E-state index is 0.679. The van der Waals surface area contributed by atoms with Crippen molar-refractivity contribution in [2.75, 3.05) is 5.32 Å². The Morgan fingerprint density at radius 2 is 1.71 bits per heavy atom. The third kappa shape index (κ3) is 2.63. The third-order valence-corrected chi connectivity index (χ3v) is 3.95. The molecule has 1 aromatic carbocycles. The number of hydrogen-bond acceptors (Lipinski definition) is 2. The Labute approximate surface area is 103 Å². The lowest BCUT2D eigenvalue weighted by Crippen LogP contribution is -2.18. The first kappa shape index (κ1) is 11.1. The second kappa shape index (κ2) is 5.09. The van der Waals surface area contributed by atoms with E-state index >= 15 is 0 Å². The van der Waals surface area contributed by atoms with Crippen LogP contribution in [0.15, 0.2) is 18.2 Å². The summed E-state index contributed by atoms with van der Waals surface area (Å²) < 4.78 is 5.45. The van der Waals surface area contributed by atoms with Gasteiger partial charge in [0, 0.05) is 11.7 Å². The number of benzene rings is 1. The highest BCUT2D eigenvalue weighted by atomic mass is 16.5. The van der Waals surface area contributed by atoms with E-state index in [1.54, 1.807) is 0 Å². The van der Waals surface area contributed by atoms with Crippen LogP contribution in [-0.4, -0.2) is 6.04 Å². The van der Waals surface area contributed by atoms with Crippen molar-refractivity contribution in [2.24, 2.45) is 0 Å². The van der Waals surface area contributed by atoms with E-state index in [9.17, 15) is 0 Å². The van der Waals surface area contributed by atoms with Crippen LogP contribution in [0.5, 0.6) is 0 Å². The van der Waals surface area contributed by atoms with Crippen LogP contribution in [0.3, 0.4) is 0 Å². The van der Waals surface area contributed by atoms with Crippen molar-refractivity contribution in [2.45, 2.75) is 57.8 Å². The summed E-state index contributed by atoms with van der Waals surface area (Å²) in [6.07, 6.45) is 8.24. The summed E-state index contributed by atoms with van der Waals surface area (Å²) in [6, 6.07) is 7.37. The van der Waals surface area contributed by atoms with Gasteiger partial charge in [-0.25, -0.2) is 0 Å². The Morgan fingerprint density at radius 1 is 0.941 bits per heavy atom. The van der Waals surface area contributed by atoms with Crippen LogP contribution >= 0.6 is 0 Å². The monoisotopic (exact) mass is 231 g/mol. The zero-order valence-corrected chi connectivity index (χ0v) is 10.4. The molecule has 1 N–H and O–H groups in total. The van der Waals surface area contributed by atoms with Gasteiger partial charge in [0.05, 0.1) is 13.2 Å². The molecule has 1 aliphatic carbocycles. The zero-order valence-electron chi connectivity index (χ0n) is 10.4. The number of nitrogens with one attached hydrogen (secondary N) is 1. The molecular weight excluding hydrogens is 210 g/mol. The van der Waals surface area contributed by atoms with Crippen LogP contribution in [0.4, 0.5) is 5.69 Å². The maximum Gasteiger partial charge on any atom is 0.0725 e. The first-order valence-electron chi connectivity index (χ1n) is 6.88. The molecule has 0 atom stereocenters. The van der Waals surface area contributed by atoms with Crippen LogP contribution in [0.1, 0.15) is 49.7 Å². The van der Waals surface area contributed by atoms with E-state index in [-0.39, 0.29) is 0 Å². The highest BCUT2D eigenvalue weighted by molar-refractivity contribution is 5.49. The lowest BCUT2D eigenvalue weighted by atomic mass is 10.1. The van der Waals surface area contributed by atoms with E-state index in [0.717, 1.165) is 13.2 Å². The minimum absolute atomic E-state index is 0.679. The van der Waals surface area contributed by atoms with Crippen LogP contribution in [0, 0.1) is 0 Å². The maximum absolute atomic E-state index is 5.45. The van der Waals surface area contributed by atoms with Crippen molar-refractivity contribution < 1.29 is 4.74 Å². The average molecular weight is 231 g/mol. The second-order valence-electron chi connectivity index (χ2n) is 5.31. The molecule has 0 spiro atoms. The van der Waals surface area contributed by atoms with E-state index in [2.05, 4.69) is 23.5 Å². The van der Waals surface area contributed by atoms with E-state index < -0.39 is 0 Å². The van der Waals surface area contributed by atoms with Gasteiger partial charge in [0.25, 0.3) is 0 Å². The Hall–Kier alpha value is -1.02. The van der Waals surface area contributed by atoms with Crippen LogP contribution in [-0.2, 0) is 18.0 Å². The predicted molar refractivity (Wildman–Crippen MR) is 70.0 cm³/mol. The van der Waals surface area contributed by atoms with Crippen LogP contribution < -0.4 is 5.32 Å². The predicted octanol–water partition coefficient (Wildman–Crippen LogP) is 3.85. The molecule has 2 heteroatoms. The third-order valence-electron chi connectivity index (χ3n) is 3.95. The largest absolute Gasteiger partial charge is 0.382 e. The quantitative estimate of drug-likeness (QED) is 0.781. The minimum Gasteiger partial charge on any atom is -0.382 e. The van der Waals surface area contributed by atoms with Gasteiger partial charge < -0.3 is 10.1 Å². The molecular formula is C15H21NO. The molecule has 0 radical (unpaired) electrons. The molecule has 0 aromatic heterocycles. The van der Waals surface area contributed by atoms with E-state index in [1.807, 2.05) is 0 Å². The highest BCUT2D eigenvalue weighted by Crippen LogP contribution is 2.26. The second-order valence-corrected chi connectivity index (χ2v) is 5.31. The van der Waals surface area contributed by atoms with Gasteiger partial charge in [0.15, 0.2) is 0 Å². The highest BCUT2D eigenvalue weighted by Gasteiger charge is 2.14. The van der Waals surface area contributed by atoms with Gasteiger partial charge in [0.1, 0.15) is 0 Å². The lowest BCUT2D eigenvalue weighted by Gasteiger charge is -2.18. The zero-order chi connectivity index (χ0) is 11.5. The summed E-state index contributed by atoms with van der Waals surface area (Å²) >= 11 is 0. The molecule has 1 aromatic rings. The molecule has 3 rings (SSSR count). The fraction of sp³-hybridized carbons (Fsp3) is 0.600.